The number of anilines is 1. The van der Waals surface area contributed by atoms with Gasteiger partial charge < -0.3 is 5.32 Å². The van der Waals surface area contributed by atoms with Crippen LogP contribution in [0.3, 0.4) is 0 Å². The fourth-order valence-electron chi connectivity index (χ4n) is 0.984. The smallest absolute Gasteiger partial charge is 0.339 e. The lowest BCUT2D eigenvalue weighted by Crippen LogP contribution is -2.35. The SMILES string of the molecule is CNC(=O)N(O)c1ccc(Cl)c(C)c1. The van der Waals surface area contributed by atoms with Crippen molar-refractivity contribution >= 4 is 23.3 Å². The molecular formula is C9H11ClN2O2. The largest absolute Gasteiger partial charge is 0.345 e. The van der Waals surface area contributed by atoms with E-state index < -0.39 is 6.03 Å². The maximum absolute atomic E-state index is 11.0. The molecule has 2 N–H and O–H groups in total. The highest BCUT2D eigenvalue weighted by Gasteiger charge is 2.11. The van der Waals surface area contributed by atoms with Gasteiger partial charge in [0.1, 0.15) is 0 Å². The molecule has 2 amide bonds. The first-order valence-corrected chi connectivity index (χ1v) is 4.41. The van der Waals surface area contributed by atoms with Gasteiger partial charge in [-0.1, -0.05) is 11.6 Å². The Hall–Kier alpha value is -1.26. The topological polar surface area (TPSA) is 52.6 Å². The predicted molar refractivity (Wildman–Crippen MR) is 54.9 cm³/mol. The van der Waals surface area contributed by atoms with Crippen molar-refractivity contribution in [3.05, 3.63) is 28.8 Å². The summed E-state index contributed by atoms with van der Waals surface area (Å²) in [5.74, 6) is 0. The van der Waals surface area contributed by atoms with Gasteiger partial charge >= 0.3 is 6.03 Å². The van der Waals surface area contributed by atoms with Crippen LogP contribution in [-0.2, 0) is 0 Å². The second kappa shape index (κ2) is 4.30. The Labute approximate surface area is 87.0 Å². The predicted octanol–water partition coefficient (Wildman–Crippen LogP) is 2.18. The van der Waals surface area contributed by atoms with Gasteiger partial charge in [-0.3, -0.25) is 5.21 Å². The standard InChI is InChI=1S/C9H11ClN2O2/c1-6-5-7(3-4-8(6)10)12(14)9(13)11-2/h3-5,14H,1-2H3,(H,11,13). The normalized spacial score (nSPS) is 9.71. The van der Waals surface area contributed by atoms with Crippen LogP contribution >= 0.6 is 11.6 Å². The van der Waals surface area contributed by atoms with Crippen LogP contribution in [0.2, 0.25) is 5.02 Å². The van der Waals surface area contributed by atoms with Crippen LogP contribution in [0.25, 0.3) is 0 Å². The van der Waals surface area contributed by atoms with Crippen LogP contribution < -0.4 is 10.4 Å². The van der Waals surface area contributed by atoms with Crippen molar-refractivity contribution in [3.8, 4) is 0 Å². The summed E-state index contributed by atoms with van der Waals surface area (Å²) < 4.78 is 0. The molecule has 0 aliphatic heterocycles. The number of benzene rings is 1. The maximum atomic E-state index is 11.0. The van der Waals surface area contributed by atoms with Crippen LogP contribution in [0.1, 0.15) is 5.56 Å². The summed E-state index contributed by atoms with van der Waals surface area (Å²) in [5, 5.41) is 12.8. The number of halogens is 1. The lowest BCUT2D eigenvalue weighted by Gasteiger charge is -2.14. The van der Waals surface area contributed by atoms with Crippen LogP contribution in [0.4, 0.5) is 10.5 Å². The Balaban J connectivity index is 2.96. The highest BCUT2D eigenvalue weighted by molar-refractivity contribution is 6.31. The van der Waals surface area contributed by atoms with Crippen molar-refractivity contribution in [2.45, 2.75) is 6.92 Å². The van der Waals surface area contributed by atoms with Gasteiger partial charge in [-0.15, -0.1) is 0 Å². The molecule has 0 radical (unpaired) electrons. The molecule has 0 bridgehead atoms. The van der Waals surface area contributed by atoms with Gasteiger partial charge in [0.05, 0.1) is 5.69 Å². The van der Waals surface area contributed by atoms with Gasteiger partial charge in [0.2, 0.25) is 0 Å². The first-order valence-electron chi connectivity index (χ1n) is 4.03. The highest BCUT2D eigenvalue weighted by Crippen LogP contribution is 2.21. The molecule has 0 saturated heterocycles. The minimum Gasteiger partial charge on any atom is -0.339 e. The van der Waals surface area contributed by atoms with Crippen molar-refractivity contribution in [2.24, 2.45) is 0 Å². The Morgan fingerprint density at radius 2 is 2.21 bits per heavy atom. The minimum atomic E-state index is -0.591. The summed E-state index contributed by atoms with van der Waals surface area (Å²) in [7, 11) is 1.44. The van der Waals surface area contributed by atoms with Crippen molar-refractivity contribution in [1.29, 1.82) is 0 Å². The second-order valence-corrected chi connectivity index (χ2v) is 3.21. The number of rotatable bonds is 1. The third-order valence-electron chi connectivity index (χ3n) is 1.79. The molecule has 4 nitrogen and oxygen atoms in total. The molecule has 0 fully saturated rings. The Bertz CT molecular complexity index is 355. The molecule has 0 aliphatic carbocycles. The molecule has 1 rings (SSSR count). The first-order chi connectivity index (χ1) is 6.56. The van der Waals surface area contributed by atoms with E-state index in [9.17, 15) is 10.0 Å². The van der Waals surface area contributed by atoms with Gasteiger partial charge in [0.25, 0.3) is 0 Å². The molecular weight excluding hydrogens is 204 g/mol. The van der Waals surface area contributed by atoms with Crippen LogP contribution in [0.15, 0.2) is 18.2 Å². The van der Waals surface area contributed by atoms with E-state index in [1.54, 1.807) is 25.1 Å². The van der Waals surface area contributed by atoms with E-state index in [-0.39, 0.29) is 0 Å². The Morgan fingerprint density at radius 1 is 1.57 bits per heavy atom. The number of hydrogen-bond donors (Lipinski definition) is 2. The number of hydroxylamine groups is 1. The summed E-state index contributed by atoms with van der Waals surface area (Å²) >= 11 is 5.80. The summed E-state index contributed by atoms with van der Waals surface area (Å²) in [6, 6.07) is 4.22. The molecule has 0 atom stereocenters. The summed E-state index contributed by atoms with van der Waals surface area (Å²) in [6.07, 6.45) is 0. The van der Waals surface area contributed by atoms with Crippen molar-refractivity contribution in [3.63, 3.8) is 0 Å². The molecule has 0 aliphatic rings. The van der Waals surface area contributed by atoms with Crippen LogP contribution in [-0.4, -0.2) is 18.3 Å². The average Bonchev–Trinajstić information content (AvgIpc) is 2.20. The minimum absolute atomic E-state index is 0.381. The molecule has 0 saturated carbocycles. The van der Waals surface area contributed by atoms with Crippen molar-refractivity contribution in [1.82, 2.24) is 5.32 Å². The number of carbonyl (C=O) groups excluding carboxylic acids is 1. The molecule has 1 aromatic rings. The number of aryl methyl sites for hydroxylation is 1. The van der Waals surface area contributed by atoms with Crippen LogP contribution in [0, 0.1) is 6.92 Å². The Kier molecular flexibility index (Phi) is 3.33. The van der Waals surface area contributed by atoms with E-state index in [0.717, 1.165) is 5.56 Å². The zero-order valence-electron chi connectivity index (χ0n) is 7.91. The first kappa shape index (κ1) is 10.8. The molecule has 0 unspecified atom stereocenters. The second-order valence-electron chi connectivity index (χ2n) is 2.80. The van der Waals surface area contributed by atoms with E-state index in [1.807, 2.05) is 0 Å². The monoisotopic (exact) mass is 214 g/mol. The van der Waals surface area contributed by atoms with Crippen molar-refractivity contribution in [2.75, 3.05) is 12.1 Å². The number of amides is 2. The zero-order chi connectivity index (χ0) is 10.7. The number of nitrogens with one attached hydrogen (secondary N) is 1. The van der Waals surface area contributed by atoms with Gasteiger partial charge in [-0.2, -0.15) is 5.06 Å². The fraction of sp³-hybridized carbons (Fsp3) is 0.222. The van der Waals surface area contributed by atoms with E-state index >= 15 is 0 Å². The van der Waals surface area contributed by atoms with Crippen LogP contribution in [0.5, 0.6) is 0 Å². The van der Waals surface area contributed by atoms with Crippen molar-refractivity contribution < 1.29 is 10.0 Å². The summed E-state index contributed by atoms with van der Waals surface area (Å²) in [5.41, 5.74) is 1.18. The fourth-order valence-corrected chi connectivity index (χ4v) is 1.10. The third-order valence-corrected chi connectivity index (χ3v) is 2.22. The number of hydrogen-bond acceptors (Lipinski definition) is 2. The Morgan fingerprint density at radius 3 is 2.71 bits per heavy atom. The molecule has 0 heterocycles. The van der Waals surface area contributed by atoms with E-state index in [4.69, 9.17) is 11.6 Å². The number of nitrogens with zero attached hydrogens (tertiary/aromatic N) is 1. The number of carbonyl (C=O) groups is 1. The van der Waals surface area contributed by atoms with Gasteiger partial charge in [0, 0.05) is 12.1 Å². The highest BCUT2D eigenvalue weighted by atomic mass is 35.5. The molecule has 5 heteroatoms. The van der Waals surface area contributed by atoms with E-state index in [2.05, 4.69) is 5.32 Å². The van der Waals surface area contributed by atoms with Gasteiger partial charge in [-0.25, -0.2) is 4.79 Å². The maximum Gasteiger partial charge on any atom is 0.345 e. The third kappa shape index (κ3) is 2.16. The molecule has 14 heavy (non-hydrogen) atoms. The average molecular weight is 215 g/mol. The van der Waals surface area contributed by atoms with E-state index in [0.29, 0.717) is 15.8 Å². The summed E-state index contributed by atoms with van der Waals surface area (Å²) in [4.78, 5) is 11.0. The zero-order valence-corrected chi connectivity index (χ0v) is 8.67. The van der Waals surface area contributed by atoms with Gasteiger partial charge in [-0.05, 0) is 30.7 Å². The number of urea groups is 1. The summed E-state index contributed by atoms with van der Waals surface area (Å²) in [6.45, 7) is 1.80. The lowest BCUT2D eigenvalue weighted by molar-refractivity contribution is 0.206. The van der Waals surface area contributed by atoms with Gasteiger partial charge in [0.15, 0.2) is 0 Å². The lowest BCUT2D eigenvalue weighted by atomic mass is 10.2. The quantitative estimate of drug-likeness (QED) is 0.556. The molecule has 1 aromatic carbocycles. The molecule has 0 spiro atoms. The van der Waals surface area contributed by atoms with E-state index in [1.165, 1.54) is 7.05 Å². The molecule has 0 aromatic heterocycles. The molecule has 76 valence electrons.